The lowest BCUT2D eigenvalue weighted by Crippen LogP contribution is -2.11. The van der Waals surface area contributed by atoms with Gasteiger partial charge in [0, 0.05) is 17.3 Å². The van der Waals surface area contributed by atoms with Crippen LogP contribution in [0, 0.1) is 12.7 Å². The van der Waals surface area contributed by atoms with E-state index < -0.39 is 17.6 Å². The molecule has 0 aliphatic heterocycles. The molecule has 0 heterocycles. The van der Waals surface area contributed by atoms with Crippen molar-refractivity contribution in [2.45, 2.75) is 19.6 Å². The Kier molecular flexibility index (Phi) is 4.42. The summed E-state index contributed by atoms with van der Waals surface area (Å²) in [6.07, 6.45) is -4.51. The second-order valence-corrected chi connectivity index (χ2v) is 5.05. The van der Waals surface area contributed by atoms with Crippen LogP contribution in [0.3, 0.4) is 0 Å². The fraction of sp³-hybridized carbons (Fsp3) is 0.200. The molecular formula is C15H12ClF4N. The summed E-state index contributed by atoms with van der Waals surface area (Å²) in [5.74, 6) is -0.426. The Hall–Kier alpha value is -1.75. The number of hydrogen-bond acceptors (Lipinski definition) is 1. The lowest BCUT2D eigenvalue weighted by molar-refractivity contribution is -0.136. The Morgan fingerprint density at radius 1 is 1.10 bits per heavy atom. The fourth-order valence-corrected chi connectivity index (χ4v) is 2.10. The highest BCUT2D eigenvalue weighted by Gasteiger charge is 2.33. The molecule has 2 aromatic carbocycles. The normalized spacial score (nSPS) is 11.5. The summed E-state index contributed by atoms with van der Waals surface area (Å²) in [6.45, 7) is 1.86. The molecule has 0 saturated carbocycles. The molecule has 0 saturated heterocycles. The summed E-state index contributed by atoms with van der Waals surface area (Å²) < 4.78 is 52.0. The predicted molar refractivity (Wildman–Crippen MR) is 74.9 cm³/mol. The average molecular weight is 318 g/mol. The SMILES string of the molecule is Cc1ccc(F)cc1CNc1ccc(Cl)cc1C(F)(F)F. The van der Waals surface area contributed by atoms with E-state index in [4.69, 9.17) is 11.6 Å². The molecule has 0 atom stereocenters. The van der Waals surface area contributed by atoms with Gasteiger partial charge in [-0.3, -0.25) is 0 Å². The van der Waals surface area contributed by atoms with E-state index in [1.807, 2.05) is 0 Å². The highest BCUT2D eigenvalue weighted by Crippen LogP contribution is 2.36. The Bertz CT molecular complexity index is 653. The van der Waals surface area contributed by atoms with E-state index >= 15 is 0 Å². The topological polar surface area (TPSA) is 12.0 Å². The van der Waals surface area contributed by atoms with Crippen LogP contribution in [0.5, 0.6) is 0 Å². The fourth-order valence-electron chi connectivity index (χ4n) is 1.93. The van der Waals surface area contributed by atoms with E-state index in [0.717, 1.165) is 11.6 Å². The number of benzene rings is 2. The van der Waals surface area contributed by atoms with Gasteiger partial charge in [-0.1, -0.05) is 17.7 Å². The second-order valence-electron chi connectivity index (χ2n) is 4.61. The predicted octanol–water partition coefficient (Wildman–Crippen LogP) is 5.42. The molecule has 0 bridgehead atoms. The maximum Gasteiger partial charge on any atom is 0.418 e. The number of nitrogens with one attached hydrogen (secondary N) is 1. The molecule has 1 N–H and O–H groups in total. The van der Waals surface area contributed by atoms with Gasteiger partial charge >= 0.3 is 6.18 Å². The van der Waals surface area contributed by atoms with E-state index in [1.54, 1.807) is 13.0 Å². The second kappa shape index (κ2) is 5.93. The zero-order valence-electron chi connectivity index (χ0n) is 11.1. The van der Waals surface area contributed by atoms with Crippen molar-refractivity contribution in [1.29, 1.82) is 0 Å². The number of alkyl halides is 3. The molecule has 0 unspecified atom stereocenters. The third-order valence-electron chi connectivity index (χ3n) is 3.07. The van der Waals surface area contributed by atoms with Crippen LogP contribution in [-0.2, 0) is 12.7 Å². The minimum Gasteiger partial charge on any atom is -0.380 e. The summed E-state index contributed by atoms with van der Waals surface area (Å²) in [6, 6.07) is 7.69. The molecule has 0 radical (unpaired) electrons. The van der Waals surface area contributed by atoms with Gasteiger partial charge in [-0.25, -0.2) is 4.39 Å². The van der Waals surface area contributed by atoms with Gasteiger partial charge in [0.05, 0.1) is 5.56 Å². The van der Waals surface area contributed by atoms with Crippen molar-refractivity contribution in [2.24, 2.45) is 0 Å². The van der Waals surface area contributed by atoms with Gasteiger partial charge in [0.15, 0.2) is 0 Å². The summed E-state index contributed by atoms with van der Waals surface area (Å²) >= 11 is 5.61. The van der Waals surface area contributed by atoms with Crippen LogP contribution in [0.15, 0.2) is 36.4 Å². The molecule has 0 aliphatic carbocycles. The van der Waals surface area contributed by atoms with Crippen LogP contribution >= 0.6 is 11.6 Å². The van der Waals surface area contributed by atoms with Gasteiger partial charge in [0.2, 0.25) is 0 Å². The molecule has 6 heteroatoms. The first-order chi connectivity index (χ1) is 9.77. The van der Waals surface area contributed by atoms with Gasteiger partial charge in [-0.05, 0) is 48.4 Å². The molecule has 0 aromatic heterocycles. The third-order valence-corrected chi connectivity index (χ3v) is 3.30. The molecule has 0 fully saturated rings. The average Bonchev–Trinajstić information content (AvgIpc) is 2.40. The summed E-state index contributed by atoms with van der Waals surface area (Å²) in [7, 11) is 0. The standard InChI is InChI=1S/C15H12ClF4N/c1-9-2-4-12(17)6-10(9)8-21-14-5-3-11(16)7-13(14)15(18,19)20/h2-7,21H,8H2,1H3. The zero-order valence-corrected chi connectivity index (χ0v) is 11.8. The van der Waals surface area contributed by atoms with Crippen LogP contribution in [0.1, 0.15) is 16.7 Å². The van der Waals surface area contributed by atoms with E-state index in [-0.39, 0.29) is 17.3 Å². The Labute approximate surface area is 124 Å². The van der Waals surface area contributed by atoms with E-state index in [2.05, 4.69) is 5.32 Å². The third kappa shape index (κ3) is 3.88. The Morgan fingerprint density at radius 3 is 2.48 bits per heavy atom. The van der Waals surface area contributed by atoms with Gasteiger partial charge in [-0.2, -0.15) is 13.2 Å². The number of halogens is 5. The van der Waals surface area contributed by atoms with Crippen LogP contribution in [0.4, 0.5) is 23.2 Å². The maximum atomic E-state index is 13.2. The Balaban J connectivity index is 2.26. The monoisotopic (exact) mass is 317 g/mol. The molecular weight excluding hydrogens is 306 g/mol. The molecule has 0 spiro atoms. The van der Waals surface area contributed by atoms with Crippen LogP contribution in [0.25, 0.3) is 0 Å². The Morgan fingerprint density at radius 2 is 1.81 bits per heavy atom. The van der Waals surface area contributed by atoms with Crippen molar-refractivity contribution in [3.63, 3.8) is 0 Å². The molecule has 0 aliphatic rings. The highest BCUT2D eigenvalue weighted by molar-refractivity contribution is 6.30. The first-order valence-corrected chi connectivity index (χ1v) is 6.51. The first kappa shape index (κ1) is 15.6. The summed E-state index contributed by atoms with van der Waals surface area (Å²) in [5.41, 5.74) is 0.462. The molecule has 21 heavy (non-hydrogen) atoms. The van der Waals surface area contributed by atoms with Crippen molar-refractivity contribution in [3.05, 3.63) is 63.9 Å². The lowest BCUT2D eigenvalue weighted by Gasteiger charge is -2.15. The lowest BCUT2D eigenvalue weighted by atomic mass is 10.1. The quantitative estimate of drug-likeness (QED) is 0.745. The van der Waals surface area contributed by atoms with Crippen LogP contribution in [0.2, 0.25) is 5.02 Å². The number of aryl methyl sites for hydroxylation is 1. The van der Waals surface area contributed by atoms with Crippen molar-refractivity contribution >= 4 is 17.3 Å². The minimum atomic E-state index is -4.51. The number of hydrogen-bond donors (Lipinski definition) is 1. The van der Waals surface area contributed by atoms with Crippen molar-refractivity contribution in [1.82, 2.24) is 0 Å². The maximum absolute atomic E-state index is 13.2. The highest BCUT2D eigenvalue weighted by atomic mass is 35.5. The van der Waals surface area contributed by atoms with E-state index in [0.29, 0.717) is 5.56 Å². The van der Waals surface area contributed by atoms with E-state index in [9.17, 15) is 17.6 Å². The van der Waals surface area contributed by atoms with Crippen LogP contribution in [-0.4, -0.2) is 0 Å². The van der Waals surface area contributed by atoms with Crippen molar-refractivity contribution in [3.8, 4) is 0 Å². The van der Waals surface area contributed by atoms with Crippen LogP contribution < -0.4 is 5.32 Å². The largest absolute Gasteiger partial charge is 0.418 e. The van der Waals surface area contributed by atoms with Crippen molar-refractivity contribution < 1.29 is 17.6 Å². The van der Waals surface area contributed by atoms with Gasteiger partial charge < -0.3 is 5.32 Å². The number of rotatable bonds is 3. The minimum absolute atomic E-state index is 0.00908. The van der Waals surface area contributed by atoms with Gasteiger partial charge in [-0.15, -0.1) is 0 Å². The molecule has 0 amide bonds. The first-order valence-electron chi connectivity index (χ1n) is 6.13. The van der Waals surface area contributed by atoms with Gasteiger partial charge in [0.25, 0.3) is 0 Å². The molecule has 112 valence electrons. The molecule has 2 aromatic rings. The summed E-state index contributed by atoms with van der Waals surface area (Å²) in [5, 5.41) is 2.70. The smallest absolute Gasteiger partial charge is 0.380 e. The van der Waals surface area contributed by atoms with Crippen molar-refractivity contribution in [2.75, 3.05) is 5.32 Å². The molecule has 2 rings (SSSR count). The summed E-state index contributed by atoms with van der Waals surface area (Å²) in [4.78, 5) is 0. The number of anilines is 1. The zero-order chi connectivity index (χ0) is 15.6. The molecule has 1 nitrogen and oxygen atoms in total. The van der Waals surface area contributed by atoms with Gasteiger partial charge in [0.1, 0.15) is 5.82 Å². The van der Waals surface area contributed by atoms with E-state index in [1.165, 1.54) is 24.3 Å².